The van der Waals surface area contributed by atoms with Crippen molar-refractivity contribution in [1.82, 2.24) is 10.2 Å². The van der Waals surface area contributed by atoms with E-state index in [2.05, 4.69) is 36.3 Å². The molecular weight excluding hydrogens is 267 g/mol. The maximum Gasteiger partial charge on any atom is 0.435 e. The highest BCUT2D eigenvalue weighted by Crippen LogP contribution is 2.27. The van der Waals surface area contributed by atoms with E-state index in [0.29, 0.717) is 12.4 Å². The van der Waals surface area contributed by atoms with E-state index in [-0.39, 0.29) is 5.41 Å². The summed E-state index contributed by atoms with van der Waals surface area (Å²) in [5.74, 6) is 0.376. The van der Waals surface area contributed by atoms with Gasteiger partial charge in [-0.2, -0.15) is 13.2 Å². The topological polar surface area (TPSA) is 37.8 Å². The number of anilines is 1. The first-order valence-corrected chi connectivity index (χ1v) is 6.89. The number of nitrogens with zero attached hydrogens (tertiary/aromatic N) is 2. The molecule has 0 saturated heterocycles. The van der Waals surface area contributed by atoms with Crippen molar-refractivity contribution in [3.63, 3.8) is 0 Å². The van der Waals surface area contributed by atoms with E-state index in [9.17, 15) is 13.2 Å². The van der Waals surface area contributed by atoms with Crippen LogP contribution in [0.15, 0.2) is 12.1 Å². The van der Waals surface area contributed by atoms with Crippen LogP contribution in [0, 0.1) is 5.41 Å². The van der Waals surface area contributed by atoms with Crippen molar-refractivity contribution in [2.45, 2.75) is 52.6 Å². The lowest BCUT2D eigenvalue weighted by Crippen LogP contribution is -2.23. The van der Waals surface area contributed by atoms with Gasteiger partial charge >= 0.3 is 6.18 Å². The molecule has 0 radical (unpaired) electrons. The molecule has 3 nitrogen and oxygen atoms in total. The number of aromatic nitrogens is 2. The zero-order valence-electron chi connectivity index (χ0n) is 12.2. The molecule has 0 saturated carbocycles. The molecule has 0 aliphatic heterocycles. The maximum atomic E-state index is 12.3. The van der Waals surface area contributed by atoms with Crippen molar-refractivity contribution < 1.29 is 13.2 Å². The molecule has 1 aromatic rings. The Labute approximate surface area is 118 Å². The number of unbranched alkanes of at least 4 members (excludes halogenated alkanes) is 2. The van der Waals surface area contributed by atoms with Crippen LogP contribution < -0.4 is 5.32 Å². The molecule has 0 amide bonds. The summed E-state index contributed by atoms with van der Waals surface area (Å²) >= 11 is 0. The Balaban J connectivity index is 2.49. The van der Waals surface area contributed by atoms with Crippen molar-refractivity contribution in [3.8, 4) is 0 Å². The van der Waals surface area contributed by atoms with E-state index < -0.39 is 11.9 Å². The summed E-state index contributed by atoms with van der Waals surface area (Å²) in [5, 5.41) is 9.80. The third-order valence-corrected chi connectivity index (χ3v) is 3.16. The number of halogens is 3. The van der Waals surface area contributed by atoms with E-state index in [4.69, 9.17) is 0 Å². The van der Waals surface area contributed by atoms with Crippen molar-refractivity contribution in [3.05, 3.63) is 17.8 Å². The van der Waals surface area contributed by atoms with Crippen LogP contribution >= 0.6 is 0 Å². The lowest BCUT2D eigenvalue weighted by atomic mass is 9.87. The standard InChI is InChI=1S/C14H22F3N3/c1-4-5-6-9-13(2,3)10-18-12-8-7-11(19-20-12)14(15,16)17/h7-8H,4-6,9-10H2,1-3H3,(H,18,20). The number of hydrogen-bond donors (Lipinski definition) is 1. The smallest absolute Gasteiger partial charge is 0.368 e. The summed E-state index contributed by atoms with van der Waals surface area (Å²) in [6.45, 7) is 7.08. The van der Waals surface area contributed by atoms with Gasteiger partial charge in [-0.25, -0.2) is 0 Å². The molecule has 20 heavy (non-hydrogen) atoms. The molecule has 0 atom stereocenters. The molecule has 0 spiro atoms. The zero-order valence-corrected chi connectivity index (χ0v) is 12.2. The van der Waals surface area contributed by atoms with Gasteiger partial charge in [0, 0.05) is 6.54 Å². The maximum absolute atomic E-state index is 12.3. The third kappa shape index (κ3) is 5.75. The highest BCUT2D eigenvalue weighted by molar-refractivity contribution is 5.33. The van der Waals surface area contributed by atoms with Gasteiger partial charge in [0.1, 0.15) is 5.82 Å². The Bertz CT molecular complexity index is 399. The van der Waals surface area contributed by atoms with E-state index in [0.717, 1.165) is 18.9 Å². The summed E-state index contributed by atoms with van der Waals surface area (Å²) in [5.41, 5.74) is -0.884. The van der Waals surface area contributed by atoms with Crippen molar-refractivity contribution in [2.75, 3.05) is 11.9 Å². The zero-order chi connectivity index (χ0) is 15.2. The van der Waals surface area contributed by atoms with Gasteiger partial charge < -0.3 is 5.32 Å². The third-order valence-electron chi connectivity index (χ3n) is 3.16. The fourth-order valence-corrected chi connectivity index (χ4v) is 1.85. The molecule has 6 heteroatoms. The van der Waals surface area contributed by atoms with Crippen LogP contribution in [0.25, 0.3) is 0 Å². The predicted molar refractivity (Wildman–Crippen MR) is 73.4 cm³/mol. The molecule has 1 rings (SSSR count). The SMILES string of the molecule is CCCCCC(C)(C)CNc1ccc(C(F)(F)F)nn1. The molecule has 1 heterocycles. The average molecular weight is 289 g/mol. The minimum atomic E-state index is -4.44. The first-order chi connectivity index (χ1) is 9.24. The normalized spacial score (nSPS) is 12.5. The lowest BCUT2D eigenvalue weighted by molar-refractivity contribution is -0.141. The average Bonchev–Trinajstić information content (AvgIpc) is 2.36. The first-order valence-electron chi connectivity index (χ1n) is 6.89. The summed E-state index contributed by atoms with van der Waals surface area (Å²) in [6.07, 6.45) is 0.161. The van der Waals surface area contributed by atoms with Crippen LogP contribution in [-0.4, -0.2) is 16.7 Å². The quantitative estimate of drug-likeness (QED) is 0.750. The second-order valence-corrected chi connectivity index (χ2v) is 5.78. The minimum absolute atomic E-state index is 0.0829. The second kappa shape index (κ2) is 6.90. The lowest BCUT2D eigenvalue weighted by Gasteiger charge is -2.25. The highest BCUT2D eigenvalue weighted by Gasteiger charge is 2.32. The first kappa shape index (κ1) is 16.7. The van der Waals surface area contributed by atoms with Gasteiger partial charge in [-0.1, -0.05) is 40.0 Å². The molecule has 0 unspecified atom stereocenters. The summed E-state index contributed by atoms with van der Waals surface area (Å²) < 4.78 is 37.0. The Morgan fingerprint density at radius 2 is 1.80 bits per heavy atom. The van der Waals surface area contributed by atoms with Crippen molar-refractivity contribution >= 4 is 5.82 Å². The van der Waals surface area contributed by atoms with Crippen LogP contribution in [-0.2, 0) is 6.18 Å². The predicted octanol–water partition coefficient (Wildman–Crippen LogP) is 4.51. The van der Waals surface area contributed by atoms with Crippen molar-refractivity contribution in [1.29, 1.82) is 0 Å². The minimum Gasteiger partial charge on any atom is -0.368 e. The summed E-state index contributed by atoms with van der Waals surface area (Å²) in [7, 11) is 0. The van der Waals surface area contributed by atoms with E-state index >= 15 is 0 Å². The molecule has 0 aliphatic carbocycles. The van der Waals surface area contributed by atoms with Crippen molar-refractivity contribution in [2.24, 2.45) is 5.41 Å². The second-order valence-electron chi connectivity index (χ2n) is 5.78. The number of nitrogens with one attached hydrogen (secondary N) is 1. The molecule has 0 aromatic carbocycles. The van der Waals surface area contributed by atoms with Crippen LogP contribution in [0.5, 0.6) is 0 Å². The van der Waals surface area contributed by atoms with E-state index in [1.807, 2.05) is 0 Å². The van der Waals surface area contributed by atoms with Gasteiger partial charge in [0.25, 0.3) is 0 Å². The Kier molecular flexibility index (Phi) is 5.77. The Morgan fingerprint density at radius 1 is 1.10 bits per heavy atom. The summed E-state index contributed by atoms with van der Waals surface area (Å²) in [6, 6.07) is 2.26. The number of hydrogen-bond acceptors (Lipinski definition) is 3. The van der Waals surface area contributed by atoms with Gasteiger partial charge in [0.2, 0.25) is 0 Å². The fourth-order valence-electron chi connectivity index (χ4n) is 1.85. The van der Waals surface area contributed by atoms with Crippen LogP contribution in [0.3, 0.4) is 0 Å². The molecular formula is C14H22F3N3. The monoisotopic (exact) mass is 289 g/mol. The Morgan fingerprint density at radius 3 is 2.30 bits per heavy atom. The summed E-state index contributed by atoms with van der Waals surface area (Å²) in [4.78, 5) is 0. The van der Waals surface area contributed by atoms with E-state index in [1.165, 1.54) is 18.9 Å². The van der Waals surface area contributed by atoms with Crippen LogP contribution in [0.4, 0.5) is 19.0 Å². The number of alkyl halides is 3. The van der Waals surface area contributed by atoms with Gasteiger partial charge in [-0.05, 0) is 24.0 Å². The van der Waals surface area contributed by atoms with Gasteiger partial charge in [-0.3, -0.25) is 0 Å². The van der Waals surface area contributed by atoms with Gasteiger partial charge in [0.15, 0.2) is 5.69 Å². The molecule has 0 aliphatic rings. The fraction of sp³-hybridized carbons (Fsp3) is 0.714. The van der Waals surface area contributed by atoms with Gasteiger partial charge in [0.05, 0.1) is 0 Å². The van der Waals surface area contributed by atoms with Crippen LogP contribution in [0.1, 0.15) is 52.1 Å². The largest absolute Gasteiger partial charge is 0.435 e. The molecule has 114 valence electrons. The molecule has 1 N–H and O–H groups in total. The highest BCUT2D eigenvalue weighted by atomic mass is 19.4. The molecule has 1 aromatic heterocycles. The Hall–Kier alpha value is -1.33. The van der Waals surface area contributed by atoms with E-state index in [1.54, 1.807) is 0 Å². The van der Waals surface area contributed by atoms with Gasteiger partial charge in [-0.15, -0.1) is 10.2 Å². The number of rotatable bonds is 7. The molecule has 0 bridgehead atoms. The molecule has 0 fully saturated rings. The van der Waals surface area contributed by atoms with Crippen LogP contribution in [0.2, 0.25) is 0 Å².